The van der Waals surface area contributed by atoms with E-state index in [0.29, 0.717) is 12.1 Å². The van der Waals surface area contributed by atoms with Crippen molar-refractivity contribution in [2.75, 3.05) is 0 Å². The summed E-state index contributed by atoms with van der Waals surface area (Å²) in [5, 5.41) is 9.38. The predicted molar refractivity (Wildman–Crippen MR) is 98.0 cm³/mol. The molecule has 0 saturated carbocycles. The van der Waals surface area contributed by atoms with E-state index in [2.05, 4.69) is 14.8 Å². The molecule has 0 spiro atoms. The Labute approximate surface area is 157 Å². The summed E-state index contributed by atoms with van der Waals surface area (Å²) in [7, 11) is 0. The molecule has 0 aliphatic rings. The molecule has 136 valence electrons. The molecule has 1 heterocycles. The normalized spacial score (nSPS) is 10.6. The van der Waals surface area contributed by atoms with Crippen molar-refractivity contribution >= 4 is 17.4 Å². The predicted octanol–water partition coefficient (Wildman–Crippen LogP) is 4.19. The standard InChI is InChI=1S/C19H13F2N3O2S/c1-22-16-15(9-11-5-3-2-4-6-11)23-19(24-18(16)26)27-10-12-7-13(20)17(25)14(21)8-12/h2-8,25H,9-10H2,(H,23,24,26). The second-order valence-corrected chi connectivity index (χ2v) is 6.60. The Balaban J connectivity index is 1.86. The van der Waals surface area contributed by atoms with Crippen molar-refractivity contribution in [1.82, 2.24) is 9.97 Å². The molecule has 8 heteroatoms. The highest BCUT2D eigenvalue weighted by atomic mass is 32.2. The lowest BCUT2D eigenvalue weighted by atomic mass is 10.1. The fourth-order valence-electron chi connectivity index (χ4n) is 2.44. The lowest BCUT2D eigenvalue weighted by Crippen LogP contribution is -2.11. The second-order valence-electron chi connectivity index (χ2n) is 5.64. The van der Waals surface area contributed by atoms with Crippen LogP contribution in [0.15, 0.2) is 52.4 Å². The summed E-state index contributed by atoms with van der Waals surface area (Å²) in [6.07, 6.45) is 0.318. The third kappa shape index (κ3) is 4.33. The van der Waals surface area contributed by atoms with Gasteiger partial charge in [-0.1, -0.05) is 42.1 Å². The molecule has 5 nitrogen and oxygen atoms in total. The van der Waals surface area contributed by atoms with Crippen molar-refractivity contribution in [2.24, 2.45) is 0 Å². The molecule has 0 saturated heterocycles. The minimum absolute atomic E-state index is 0.0788. The largest absolute Gasteiger partial charge is 0.503 e. The number of rotatable bonds is 5. The molecule has 27 heavy (non-hydrogen) atoms. The third-order valence-corrected chi connectivity index (χ3v) is 4.67. The molecule has 0 unspecified atom stereocenters. The Hall–Kier alpha value is -3.18. The van der Waals surface area contributed by atoms with E-state index in [9.17, 15) is 13.6 Å². The van der Waals surface area contributed by atoms with Crippen molar-refractivity contribution in [3.8, 4) is 5.75 Å². The van der Waals surface area contributed by atoms with Crippen molar-refractivity contribution in [3.05, 3.63) is 92.7 Å². The van der Waals surface area contributed by atoms with Crippen LogP contribution in [0.3, 0.4) is 0 Å². The zero-order valence-electron chi connectivity index (χ0n) is 13.9. The summed E-state index contributed by atoms with van der Waals surface area (Å²) in [4.78, 5) is 22.3. The molecule has 0 bridgehead atoms. The number of nitrogens with zero attached hydrogens (tertiary/aromatic N) is 2. The Morgan fingerprint density at radius 3 is 2.44 bits per heavy atom. The highest BCUT2D eigenvalue weighted by Gasteiger charge is 2.14. The van der Waals surface area contributed by atoms with E-state index in [1.165, 1.54) is 0 Å². The number of H-pyrrole nitrogens is 1. The maximum atomic E-state index is 13.4. The van der Waals surface area contributed by atoms with E-state index in [4.69, 9.17) is 11.7 Å². The van der Waals surface area contributed by atoms with Crippen LogP contribution in [-0.4, -0.2) is 15.1 Å². The van der Waals surface area contributed by atoms with Crippen LogP contribution in [0.2, 0.25) is 0 Å². The van der Waals surface area contributed by atoms with Crippen LogP contribution in [0, 0.1) is 18.2 Å². The molecule has 1 aromatic heterocycles. The number of phenolic OH excluding ortho intramolecular Hbond substituents is 1. The first kappa shape index (κ1) is 18.6. The van der Waals surface area contributed by atoms with Crippen LogP contribution in [0.1, 0.15) is 16.8 Å². The van der Waals surface area contributed by atoms with E-state index in [1.807, 2.05) is 30.3 Å². The highest BCUT2D eigenvalue weighted by molar-refractivity contribution is 7.98. The molecule has 0 radical (unpaired) electrons. The van der Waals surface area contributed by atoms with Crippen LogP contribution < -0.4 is 5.56 Å². The van der Waals surface area contributed by atoms with Gasteiger partial charge in [0.25, 0.3) is 11.2 Å². The molecule has 0 atom stereocenters. The molecule has 0 amide bonds. The monoisotopic (exact) mass is 385 g/mol. The molecule has 0 fully saturated rings. The van der Waals surface area contributed by atoms with Crippen LogP contribution in [-0.2, 0) is 12.2 Å². The Bertz CT molecular complexity index is 1060. The molecule has 3 aromatic rings. The molecular formula is C19H13F2N3O2S. The number of aromatic nitrogens is 2. The van der Waals surface area contributed by atoms with Gasteiger partial charge in [0.05, 0.1) is 12.3 Å². The van der Waals surface area contributed by atoms with Crippen LogP contribution >= 0.6 is 11.8 Å². The zero-order valence-corrected chi connectivity index (χ0v) is 14.7. The number of aromatic hydroxyl groups is 1. The first-order chi connectivity index (χ1) is 13.0. The number of hydrogen-bond acceptors (Lipinski definition) is 4. The summed E-state index contributed by atoms with van der Waals surface area (Å²) in [6.45, 7) is 7.22. The van der Waals surface area contributed by atoms with Gasteiger partial charge >= 0.3 is 0 Å². The van der Waals surface area contributed by atoms with E-state index in [-0.39, 0.29) is 22.2 Å². The van der Waals surface area contributed by atoms with Gasteiger partial charge in [-0.15, -0.1) is 0 Å². The number of nitrogens with one attached hydrogen (secondary N) is 1. The van der Waals surface area contributed by atoms with E-state index in [0.717, 1.165) is 29.5 Å². The highest BCUT2D eigenvalue weighted by Crippen LogP contribution is 2.26. The molecule has 2 aromatic carbocycles. The van der Waals surface area contributed by atoms with Gasteiger partial charge in [-0.3, -0.25) is 4.79 Å². The summed E-state index contributed by atoms with van der Waals surface area (Å²) >= 11 is 1.07. The maximum Gasteiger partial charge on any atom is 0.271 e. The fourth-order valence-corrected chi connectivity index (χ4v) is 3.25. The van der Waals surface area contributed by atoms with Gasteiger partial charge < -0.3 is 10.1 Å². The van der Waals surface area contributed by atoms with Crippen LogP contribution in [0.4, 0.5) is 14.5 Å². The second kappa shape index (κ2) is 8.01. The van der Waals surface area contributed by atoms with Crippen molar-refractivity contribution in [2.45, 2.75) is 17.3 Å². The van der Waals surface area contributed by atoms with Gasteiger partial charge in [0.1, 0.15) is 0 Å². The Morgan fingerprint density at radius 2 is 1.81 bits per heavy atom. The van der Waals surface area contributed by atoms with E-state index in [1.54, 1.807) is 0 Å². The number of hydrogen-bond donors (Lipinski definition) is 2. The molecule has 3 rings (SSSR count). The minimum Gasteiger partial charge on any atom is -0.503 e. The van der Waals surface area contributed by atoms with Gasteiger partial charge in [0.15, 0.2) is 22.5 Å². The maximum absolute atomic E-state index is 13.4. The molecule has 2 N–H and O–H groups in total. The summed E-state index contributed by atoms with van der Waals surface area (Å²) in [5.41, 5.74) is 0.889. The number of halogens is 2. The van der Waals surface area contributed by atoms with Gasteiger partial charge in [0.2, 0.25) is 0 Å². The SMILES string of the molecule is [C-]#[N+]c1c(Cc2ccccc2)nc(SCc2cc(F)c(O)c(F)c2)[nH]c1=O. The number of phenols is 1. The van der Waals surface area contributed by atoms with Crippen molar-refractivity contribution < 1.29 is 13.9 Å². The summed E-state index contributed by atoms with van der Waals surface area (Å²) in [5.74, 6) is -3.01. The Kier molecular flexibility index (Phi) is 5.52. The topological polar surface area (TPSA) is 70.3 Å². The number of thioether (sulfide) groups is 1. The van der Waals surface area contributed by atoms with Gasteiger partial charge in [0, 0.05) is 12.2 Å². The molecule has 0 aliphatic carbocycles. The average molecular weight is 385 g/mol. The third-order valence-electron chi connectivity index (χ3n) is 3.72. The smallest absolute Gasteiger partial charge is 0.271 e. The zero-order chi connectivity index (χ0) is 19.4. The lowest BCUT2D eigenvalue weighted by molar-refractivity contribution is 0.395. The van der Waals surface area contributed by atoms with Gasteiger partial charge in [-0.05, 0) is 23.3 Å². The van der Waals surface area contributed by atoms with Crippen LogP contribution in [0.5, 0.6) is 5.75 Å². The van der Waals surface area contributed by atoms with Gasteiger partial charge in [-0.25, -0.2) is 18.6 Å². The van der Waals surface area contributed by atoms with E-state index >= 15 is 0 Å². The van der Waals surface area contributed by atoms with E-state index < -0.39 is 22.9 Å². The molecule has 0 aliphatic heterocycles. The first-order valence-electron chi connectivity index (χ1n) is 7.82. The van der Waals surface area contributed by atoms with Crippen LogP contribution in [0.25, 0.3) is 4.85 Å². The Morgan fingerprint density at radius 1 is 1.15 bits per heavy atom. The lowest BCUT2D eigenvalue weighted by Gasteiger charge is -2.07. The van der Waals surface area contributed by atoms with Crippen molar-refractivity contribution in [1.29, 1.82) is 0 Å². The minimum atomic E-state index is -1.06. The first-order valence-corrected chi connectivity index (χ1v) is 8.80. The van der Waals surface area contributed by atoms with Crippen molar-refractivity contribution in [3.63, 3.8) is 0 Å². The fraction of sp³-hybridized carbons (Fsp3) is 0.105. The van der Waals surface area contributed by atoms with Gasteiger partial charge in [-0.2, -0.15) is 0 Å². The average Bonchev–Trinajstić information content (AvgIpc) is 2.65. The number of aromatic amines is 1. The molecular weight excluding hydrogens is 372 g/mol. The summed E-state index contributed by atoms with van der Waals surface area (Å²) < 4.78 is 26.9. The number of benzene rings is 2. The summed E-state index contributed by atoms with van der Waals surface area (Å²) in [6, 6.07) is 11.3. The quantitative estimate of drug-likeness (QED) is 0.393.